The number of Topliss-reactive ketones (excluding diaryl/α,β-unsaturated/α-hetero) is 1. The zero-order valence-corrected chi connectivity index (χ0v) is 16.9. The van der Waals surface area contributed by atoms with Crippen LogP contribution in [-0.2, 0) is 14.5 Å². The summed E-state index contributed by atoms with van der Waals surface area (Å²) in [6.45, 7) is 4.05. The monoisotopic (exact) mass is 399 g/mol. The van der Waals surface area contributed by atoms with Crippen LogP contribution in [0.25, 0.3) is 0 Å². The van der Waals surface area contributed by atoms with Gasteiger partial charge in [-0.05, 0) is 24.7 Å². The smallest absolute Gasteiger partial charge is 0.295 e. The van der Waals surface area contributed by atoms with Crippen molar-refractivity contribution in [2.75, 3.05) is 34.3 Å². The minimum Gasteiger partial charge on any atom is -1.00 e. The zero-order chi connectivity index (χ0) is 19.7. The van der Waals surface area contributed by atoms with E-state index in [1.54, 1.807) is 0 Å². The topological polar surface area (TPSA) is 122 Å². The SMILES string of the molecule is CCC(CC)(CCC(=O)CC(C[N+](C)(C)C)O[N+](=O)[O-])CO[N+](=O)[O-].[Cl-]. The number of rotatable bonds is 14. The van der Waals surface area contributed by atoms with Crippen LogP contribution in [0.15, 0.2) is 0 Å². The number of hydrogen-bond acceptors (Lipinski definition) is 7. The zero-order valence-electron chi connectivity index (χ0n) is 16.1. The Morgan fingerprint density at radius 2 is 1.65 bits per heavy atom. The molecule has 0 saturated carbocycles. The van der Waals surface area contributed by atoms with E-state index in [9.17, 15) is 25.0 Å². The average molecular weight is 400 g/mol. The predicted molar refractivity (Wildman–Crippen MR) is 89.6 cm³/mol. The third kappa shape index (κ3) is 11.8. The summed E-state index contributed by atoms with van der Waals surface area (Å²) in [6, 6.07) is 0. The van der Waals surface area contributed by atoms with Gasteiger partial charge >= 0.3 is 0 Å². The Kier molecular flexibility index (Phi) is 12.1. The van der Waals surface area contributed by atoms with Crippen molar-refractivity contribution in [3.63, 3.8) is 0 Å². The van der Waals surface area contributed by atoms with Crippen molar-refractivity contribution in [2.24, 2.45) is 5.41 Å². The average Bonchev–Trinajstić information content (AvgIpc) is 2.45. The number of hydrogen-bond donors (Lipinski definition) is 0. The lowest BCUT2D eigenvalue weighted by molar-refractivity contribution is -0.885. The van der Waals surface area contributed by atoms with Crippen LogP contribution in [0.4, 0.5) is 0 Å². The van der Waals surface area contributed by atoms with Crippen LogP contribution in [0.3, 0.4) is 0 Å². The van der Waals surface area contributed by atoms with E-state index >= 15 is 0 Å². The van der Waals surface area contributed by atoms with E-state index < -0.39 is 21.7 Å². The molecule has 0 aliphatic rings. The number of halogens is 1. The summed E-state index contributed by atoms with van der Waals surface area (Å²) in [7, 11) is 5.57. The van der Waals surface area contributed by atoms with Crippen LogP contribution in [0.1, 0.15) is 46.0 Å². The predicted octanol–water partition coefficient (Wildman–Crippen LogP) is -0.972. The third-order valence-corrected chi connectivity index (χ3v) is 4.35. The molecule has 0 heterocycles. The van der Waals surface area contributed by atoms with Gasteiger partial charge < -0.3 is 26.6 Å². The van der Waals surface area contributed by atoms with E-state index in [0.717, 1.165) is 0 Å². The first kappa shape index (κ1) is 26.5. The Morgan fingerprint density at radius 1 is 1.12 bits per heavy atom. The van der Waals surface area contributed by atoms with Crippen LogP contribution in [0, 0.1) is 25.6 Å². The summed E-state index contributed by atoms with van der Waals surface area (Å²) in [5.41, 5.74) is -0.456. The van der Waals surface area contributed by atoms with E-state index in [1.807, 2.05) is 35.0 Å². The van der Waals surface area contributed by atoms with Gasteiger partial charge in [-0.25, -0.2) is 0 Å². The van der Waals surface area contributed by atoms with E-state index in [0.29, 0.717) is 30.3 Å². The summed E-state index contributed by atoms with van der Waals surface area (Å²) in [5, 5.41) is 19.3. The molecule has 0 amide bonds. The van der Waals surface area contributed by atoms with Gasteiger partial charge in [-0.2, -0.15) is 0 Å². The second kappa shape index (κ2) is 11.8. The van der Waals surface area contributed by atoms with Gasteiger partial charge in [0.2, 0.25) is 0 Å². The maximum absolute atomic E-state index is 12.3. The van der Waals surface area contributed by atoms with Crippen LogP contribution < -0.4 is 12.4 Å². The molecule has 1 unspecified atom stereocenters. The van der Waals surface area contributed by atoms with Gasteiger partial charge in [0.15, 0.2) is 6.10 Å². The molecule has 1 atom stereocenters. The number of carbonyl (C=O) groups is 1. The van der Waals surface area contributed by atoms with Crippen LogP contribution in [0.5, 0.6) is 0 Å². The summed E-state index contributed by atoms with van der Waals surface area (Å²) >= 11 is 0. The van der Waals surface area contributed by atoms with Crippen molar-refractivity contribution in [3.05, 3.63) is 20.2 Å². The molecule has 0 aromatic rings. The first-order valence-corrected chi connectivity index (χ1v) is 8.33. The molecule has 0 saturated heterocycles. The van der Waals surface area contributed by atoms with E-state index in [-0.39, 0.29) is 37.6 Å². The molecule has 0 rings (SSSR count). The molecule has 0 fully saturated rings. The van der Waals surface area contributed by atoms with Gasteiger partial charge in [0.25, 0.3) is 10.2 Å². The number of carbonyl (C=O) groups excluding carboxylic acids is 1. The van der Waals surface area contributed by atoms with Crippen LogP contribution in [-0.4, -0.2) is 60.8 Å². The van der Waals surface area contributed by atoms with Crippen molar-refractivity contribution in [3.8, 4) is 0 Å². The molecule has 26 heavy (non-hydrogen) atoms. The highest BCUT2D eigenvalue weighted by Crippen LogP contribution is 2.33. The Morgan fingerprint density at radius 3 is 2.04 bits per heavy atom. The Labute approximate surface area is 160 Å². The second-order valence-electron chi connectivity index (χ2n) is 7.37. The number of nitrogens with zero attached hydrogens (tertiary/aromatic N) is 3. The lowest BCUT2D eigenvalue weighted by Gasteiger charge is -2.31. The van der Waals surface area contributed by atoms with Crippen LogP contribution >= 0.6 is 0 Å². The molecular weight excluding hydrogens is 370 g/mol. The molecule has 0 aromatic heterocycles. The fourth-order valence-electron chi connectivity index (χ4n) is 2.70. The Balaban J connectivity index is 0. The number of ketones is 1. The molecule has 0 bridgehead atoms. The molecule has 11 heteroatoms. The maximum atomic E-state index is 12.3. The van der Waals surface area contributed by atoms with Gasteiger partial charge in [-0.3, -0.25) is 4.79 Å². The van der Waals surface area contributed by atoms with Gasteiger partial charge in [0, 0.05) is 12.8 Å². The van der Waals surface area contributed by atoms with Crippen molar-refractivity contribution < 1.29 is 41.5 Å². The summed E-state index contributed by atoms with van der Waals surface area (Å²) in [4.78, 5) is 42.5. The molecule has 0 spiro atoms. The quantitative estimate of drug-likeness (QED) is 0.209. The third-order valence-electron chi connectivity index (χ3n) is 4.35. The molecule has 0 aliphatic carbocycles. The van der Waals surface area contributed by atoms with Crippen molar-refractivity contribution in [1.29, 1.82) is 0 Å². The molecule has 0 N–H and O–H groups in total. The molecule has 10 nitrogen and oxygen atoms in total. The molecule has 0 radical (unpaired) electrons. The number of likely N-dealkylation sites (N-methyl/N-ethyl adjacent to an activating group) is 1. The first-order chi connectivity index (χ1) is 11.4. The second-order valence-corrected chi connectivity index (χ2v) is 7.37. The van der Waals surface area contributed by atoms with Crippen molar-refractivity contribution in [2.45, 2.75) is 52.1 Å². The summed E-state index contributed by atoms with van der Waals surface area (Å²) in [6.07, 6.45) is 1.02. The molecular formula is C15H30ClN3O7. The lowest BCUT2D eigenvalue weighted by atomic mass is 9.78. The Hall–Kier alpha value is -1.68. The fourth-order valence-corrected chi connectivity index (χ4v) is 2.70. The standard InChI is InChI=1S/C15H30N3O7.ClH/c1-6-15(7-2,12-24-16(20)21)9-8-13(19)10-14(25-17(22)23)11-18(3,4)5;/h14H,6-12H2,1-5H3;1H/q+1;/p-1. The summed E-state index contributed by atoms with van der Waals surface area (Å²) < 4.78 is 0.427. The van der Waals surface area contributed by atoms with Gasteiger partial charge in [-0.15, -0.1) is 20.2 Å². The minimum absolute atomic E-state index is 0. The molecule has 0 aliphatic heterocycles. The normalized spacial score (nSPS) is 12.7. The highest BCUT2D eigenvalue weighted by Gasteiger charge is 2.30. The lowest BCUT2D eigenvalue weighted by Crippen LogP contribution is -3.00. The van der Waals surface area contributed by atoms with Crippen LogP contribution in [0.2, 0.25) is 0 Å². The van der Waals surface area contributed by atoms with Crippen molar-refractivity contribution >= 4 is 5.78 Å². The van der Waals surface area contributed by atoms with Gasteiger partial charge in [0.1, 0.15) is 18.9 Å². The van der Waals surface area contributed by atoms with E-state index in [2.05, 4.69) is 9.68 Å². The summed E-state index contributed by atoms with van der Waals surface area (Å²) in [5.74, 6) is -0.160. The highest BCUT2D eigenvalue weighted by molar-refractivity contribution is 5.78. The molecule has 0 aromatic carbocycles. The minimum atomic E-state index is -0.874. The van der Waals surface area contributed by atoms with Gasteiger partial charge in [-0.1, -0.05) is 13.8 Å². The van der Waals surface area contributed by atoms with Gasteiger partial charge in [0.05, 0.1) is 21.1 Å². The maximum Gasteiger partial charge on any atom is 0.295 e. The van der Waals surface area contributed by atoms with Crippen molar-refractivity contribution in [1.82, 2.24) is 0 Å². The molecule has 154 valence electrons. The Bertz CT molecular complexity index is 465. The largest absolute Gasteiger partial charge is 1.00 e. The number of quaternary nitrogens is 1. The highest BCUT2D eigenvalue weighted by atomic mass is 35.5. The van der Waals surface area contributed by atoms with E-state index in [4.69, 9.17) is 0 Å². The first-order valence-electron chi connectivity index (χ1n) is 8.33. The van der Waals surface area contributed by atoms with E-state index in [1.165, 1.54) is 0 Å². The fraction of sp³-hybridized carbons (Fsp3) is 0.933.